The van der Waals surface area contributed by atoms with Crippen molar-refractivity contribution < 1.29 is 19.0 Å². The third-order valence-corrected chi connectivity index (χ3v) is 2.51. The average molecular weight is 328 g/mol. The third-order valence-electron chi connectivity index (χ3n) is 2.07. The topological polar surface area (TPSA) is 44.8 Å². The molecule has 0 saturated carbocycles. The van der Waals surface area contributed by atoms with Gasteiger partial charge in [0.05, 0.1) is 19.1 Å². The molecule has 1 aliphatic rings. The van der Waals surface area contributed by atoms with Gasteiger partial charge in [-0.15, -0.1) is 0 Å². The molecule has 0 N–H and O–H groups in total. The van der Waals surface area contributed by atoms with E-state index < -0.39 is 5.79 Å². The van der Waals surface area contributed by atoms with Gasteiger partial charge in [-0.25, -0.2) is 0 Å². The minimum absolute atomic E-state index is 0.0736. The quantitative estimate of drug-likeness (QED) is 0.449. The number of halogens is 1. The van der Waals surface area contributed by atoms with Gasteiger partial charge in [0.2, 0.25) is 0 Å². The first-order valence-corrected chi connectivity index (χ1v) is 6.59. The van der Waals surface area contributed by atoms with Crippen LogP contribution in [0.5, 0.6) is 0 Å². The van der Waals surface area contributed by atoms with Gasteiger partial charge in [-0.05, 0) is 20.3 Å². The molecule has 0 aromatic heterocycles. The monoisotopic (exact) mass is 328 g/mol. The summed E-state index contributed by atoms with van der Waals surface area (Å²) in [4.78, 5) is 11.3. The number of alkyl halides is 1. The molecule has 0 amide bonds. The summed E-state index contributed by atoms with van der Waals surface area (Å²) in [6, 6.07) is 0. The summed E-state index contributed by atoms with van der Waals surface area (Å²) in [6.07, 6.45) is 1.00. The molecule has 0 bridgehead atoms. The predicted octanol–water partition coefficient (Wildman–Crippen LogP) is 1.90. The molecule has 0 aromatic rings. The van der Waals surface area contributed by atoms with Crippen molar-refractivity contribution in [3.05, 3.63) is 0 Å². The highest BCUT2D eigenvalue weighted by molar-refractivity contribution is 14.1. The Morgan fingerprint density at radius 2 is 2.33 bits per heavy atom. The molecule has 0 aromatic carbocycles. The Morgan fingerprint density at radius 1 is 1.60 bits per heavy atom. The van der Waals surface area contributed by atoms with Crippen molar-refractivity contribution in [1.29, 1.82) is 0 Å². The Labute approximate surface area is 104 Å². The van der Waals surface area contributed by atoms with Crippen molar-refractivity contribution in [1.82, 2.24) is 0 Å². The predicted molar refractivity (Wildman–Crippen MR) is 64.0 cm³/mol. The average Bonchev–Trinajstić information content (AvgIpc) is 2.13. The highest BCUT2D eigenvalue weighted by Gasteiger charge is 2.30. The maximum absolute atomic E-state index is 11.3. The van der Waals surface area contributed by atoms with Crippen molar-refractivity contribution >= 4 is 28.6 Å². The number of ether oxygens (including phenoxy) is 3. The van der Waals surface area contributed by atoms with E-state index in [1.54, 1.807) is 0 Å². The van der Waals surface area contributed by atoms with Crippen molar-refractivity contribution in [2.75, 3.05) is 17.6 Å². The van der Waals surface area contributed by atoms with Crippen LogP contribution in [0.4, 0.5) is 0 Å². The van der Waals surface area contributed by atoms with Crippen molar-refractivity contribution in [2.45, 2.75) is 38.6 Å². The smallest absolute Gasteiger partial charge is 0.308 e. The molecular weight excluding hydrogens is 311 g/mol. The molecule has 0 spiro atoms. The van der Waals surface area contributed by atoms with E-state index >= 15 is 0 Å². The van der Waals surface area contributed by atoms with Crippen LogP contribution in [0.2, 0.25) is 0 Å². The molecular formula is C10H17IO4. The Kier molecular flexibility index (Phi) is 5.28. The van der Waals surface area contributed by atoms with Crippen LogP contribution >= 0.6 is 22.6 Å². The number of carbonyl (C=O) groups is 1. The zero-order valence-electron chi connectivity index (χ0n) is 9.12. The molecule has 1 fully saturated rings. The third kappa shape index (κ3) is 5.12. The minimum Gasteiger partial charge on any atom is -0.465 e. The highest BCUT2D eigenvalue weighted by atomic mass is 127. The summed E-state index contributed by atoms with van der Waals surface area (Å²) >= 11 is 2.17. The lowest BCUT2D eigenvalue weighted by Crippen LogP contribution is -2.40. The molecule has 1 aliphatic heterocycles. The van der Waals surface area contributed by atoms with Gasteiger partial charge in [-0.3, -0.25) is 4.79 Å². The fourth-order valence-electron chi connectivity index (χ4n) is 1.47. The standard InChI is InChI=1S/C10H17IO4/c1-10(2)14-5-3-8(15-10)7-9(12)13-6-4-11/h8H,3-7H2,1-2H3. The van der Waals surface area contributed by atoms with Crippen molar-refractivity contribution in [2.24, 2.45) is 0 Å². The van der Waals surface area contributed by atoms with E-state index in [2.05, 4.69) is 22.6 Å². The van der Waals surface area contributed by atoms with Crippen LogP contribution in [0, 0.1) is 0 Å². The van der Waals surface area contributed by atoms with Crippen LogP contribution < -0.4 is 0 Å². The number of esters is 1. The summed E-state index contributed by atoms with van der Waals surface area (Å²) in [5.41, 5.74) is 0. The van der Waals surface area contributed by atoms with E-state index in [1.165, 1.54) is 0 Å². The maximum Gasteiger partial charge on any atom is 0.308 e. The van der Waals surface area contributed by atoms with Crippen LogP contribution in [-0.2, 0) is 19.0 Å². The van der Waals surface area contributed by atoms with E-state index in [0.717, 1.165) is 10.8 Å². The second-order valence-corrected chi connectivity index (χ2v) is 4.97. The Bertz CT molecular complexity index is 217. The van der Waals surface area contributed by atoms with E-state index in [9.17, 15) is 4.79 Å². The Hall–Kier alpha value is 0.120. The van der Waals surface area contributed by atoms with Gasteiger partial charge >= 0.3 is 5.97 Å². The number of hydrogen-bond acceptors (Lipinski definition) is 4. The molecule has 88 valence electrons. The first kappa shape index (κ1) is 13.2. The van der Waals surface area contributed by atoms with Gasteiger partial charge in [0.1, 0.15) is 6.61 Å². The van der Waals surface area contributed by atoms with Crippen LogP contribution in [0.15, 0.2) is 0 Å². The Balaban J connectivity index is 2.28. The number of carbonyl (C=O) groups excluding carboxylic acids is 1. The molecule has 4 nitrogen and oxygen atoms in total. The second kappa shape index (κ2) is 6.00. The molecule has 1 saturated heterocycles. The Morgan fingerprint density at radius 3 is 2.93 bits per heavy atom. The first-order chi connectivity index (χ1) is 7.03. The van der Waals surface area contributed by atoms with Gasteiger partial charge in [0, 0.05) is 4.43 Å². The fourth-order valence-corrected chi connectivity index (χ4v) is 1.69. The van der Waals surface area contributed by atoms with Gasteiger partial charge in [0.25, 0.3) is 0 Å². The van der Waals surface area contributed by atoms with E-state index in [0.29, 0.717) is 19.6 Å². The van der Waals surface area contributed by atoms with E-state index in [4.69, 9.17) is 14.2 Å². The van der Waals surface area contributed by atoms with Crippen LogP contribution in [-0.4, -0.2) is 35.5 Å². The van der Waals surface area contributed by atoms with Crippen molar-refractivity contribution in [3.8, 4) is 0 Å². The van der Waals surface area contributed by atoms with E-state index in [1.807, 2.05) is 13.8 Å². The molecule has 0 aliphatic carbocycles. The zero-order chi connectivity index (χ0) is 11.3. The maximum atomic E-state index is 11.3. The van der Waals surface area contributed by atoms with Crippen LogP contribution in [0.1, 0.15) is 26.7 Å². The molecule has 1 rings (SSSR count). The minimum atomic E-state index is -0.577. The summed E-state index contributed by atoms with van der Waals surface area (Å²) in [6.45, 7) is 4.83. The summed E-state index contributed by atoms with van der Waals surface area (Å²) in [7, 11) is 0. The lowest BCUT2D eigenvalue weighted by molar-refractivity contribution is -0.273. The summed E-state index contributed by atoms with van der Waals surface area (Å²) < 4.78 is 16.8. The summed E-state index contributed by atoms with van der Waals surface area (Å²) in [5.74, 6) is -0.763. The lowest BCUT2D eigenvalue weighted by Gasteiger charge is -2.35. The van der Waals surface area contributed by atoms with Gasteiger partial charge in [0.15, 0.2) is 5.79 Å². The van der Waals surface area contributed by atoms with Gasteiger partial charge in [-0.1, -0.05) is 22.6 Å². The zero-order valence-corrected chi connectivity index (χ0v) is 11.3. The first-order valence-electron chi connectivity index (χ1n) is 5.07. The number of hydrogen-bond donors (Lipinski definition) is 0. The highest BCUT2D eigenvalue weighted by Crippen LogP contribution is 2.23. The molecule has 15 heavy (non-hydrogen) atoms. The summed E-state index contributed by atoms with van der Waals surface area (Å²) in [5, 5.41) is 0. The molecule has 1 unspecified atom stereocenters. The van der Waals surface area contributed by atoms with Crippen molar-refractivity contribution in [3.63, 3.8) is 0 Å². The molecule has 1 heterocycles. The lowest BCUT2D eigenvalue weighted by atomic mass is 10.1. The van der Waals surface area contributed by atoms with Gasteiger partial charge < -0.3 is 14.2 Å². The number of rotatable bonds is 4. The van der Waals surface area contributed by atoms with Gasteiger partial charge in [-0.2, -0.15) is 0 Å². The molecule has 0 radical (unpaired) electrons. The molecule has 1 atom stereocenters. The van der Waals surface area contributed by atoms with E-state index in [-0.39, 0.29) is 12.1 Å². The second-order valence-electron chi connectivity index (χ2n) is 3.89. The van der Waals surface area contributed by atoms with Crippen LogP contribution in [0.25, 0.3) is 0 Å². The SMILES string of the molecule is CC1(C)OCCC(CC(=O)OCCI)O1. The molecule has 5 heteroatoms. The van der Waals surface area contributed by atoms with Crippen LogP contribution in [0.3, 0.4) is 0 Å². The largest absolute Gasteiger partial charge is 0.465 e. The fraction of sp³-hybridized carbons (Fsp3) is 0.900. The normalized spacial score (nSPS) is 24.9.